The minimum absolute atomic E-state index is 0. The van der Waals surface area contributed by atoms with Gasteiger partial charge >= 0.3 is 0 Å². The van der Waals surface area contributed by atoms with Gasteiger partial charge in [-0.05, 0) is 0 Å². The summed E-state index contributed by atoms with van der Waals surface area (Å²) in [5, 5.41) is 6.83. The molecule has 1 aromatic rings. The zero-order chi connectivity index (χ0) is 10.7. The van der Waals surface area contributed by atoms with E-state index in [1.54, 1.807) is 11.3 Å². The molecule has 1 aromatic heterocycles. The van der Waals surface area contributed by atoms with E-state index < -0.39 is 0 Å². The molecule has 0 aromatic carbocycles. The second-order valence-electron chi connectivity index (χ2n) is 4.36. The number of nitrogens with one attached hydrogen (secondary N) is 1. The van der Waals surface area contributed by atoms with Gasteiger partial charge < -0.3 is 5.32 Å². The Hall–Kier alpha value is 0.420. The number of hydrogen-bond acceptors (Lipinski definition) is 4. The van der Waals surface area contributed by atoms with E-state index in [-0.39, 0.29) is 37.2 Å². The first-order chi connectivity index (χ1) is 7.25. The lowest BCUT2D eigenvalue weighted by Gasteiger charge is -2.26. The second kappa shape index (κ2) is 10.2. The summed E-state index contributed by atoms with van der Waals surface area (Å²) in [4.78, 5) is 7.13. The van der Waals surface area contributed by atoms with Crippen molar-refractivity contribution in [1.82, 2.24) is 15.2 Å². The average Bonchev–Trinajstić information content (AvgIpc) is 2.68. The Bertz CT molecular complexity index is 314. The Morgan fingerprint density at radius 3 is 2.39 bits per heavy atom. The van der Waals surface area contributed by atoms with Crippen molar-refractivity contribution in [2.75, 3.05) is 26.2 Å². The highest BCUT2D eigenvalue weighted by atomic mass is 35.5. The summed E-state index contributed by atoms with van der Waals surface area (Å²) in [6, 6.07) is 0. The zero-order valence-corrected chi connectivity index (χ0v) is 14.0. The Morgan fingerprint density at radius 2 is 1.89 bits per heavy atom. The molecule has 2 heterocycles. The van der Waals surface area contributed by atoms with Crippen LogP contribution in [-0.4, -0.2) is 36.1 Å². The van der Waals surface area contributed by atoms with Gasteiger partial charge in [-0.25, -0.2) is 4.98 Å². The molecule has 0 radical (unpaired) electrons. The molecule has 0 atom stereocenters. The Labute approximate surface area is 132 Å². The highest BCUT2D eigenvalue weighted by Crippen LogP contribution is 2.19. The van der Waals surface area contributed by atoms with Gasteiger partial charge in [0, 0.05) is 44.0 Å². The van der Waals surface area contributed by atoms with Crippen molar-refractivity contribution in [3.8, 4) is 0 Å². The summed E-state index contributed by atoms with van der Waals surface area (Å²) in [5.41, 5.74) is 1.24. The molecule has 1 aliphatic heterocycles. The quantitative estimate of drug-likeness (QED) is 0.921. The third kappa shape index (κ3) is 6.04. The van der Waals surface area contributed by atoms with Gasteiger partial charge in [0.1, 0.15) is 0 Å². The first-order valence-electron chi connectivity index (χ1n) is 5.63. The van der Waals surface area contributed by atoms with E-state index in [2.05, 4.69) is 34.4 Å². The number of piperazine rings is 1. The molecule has 0 aliphatic carbocycles. The van der Waals surface area contributed by atoms with Crippen LogP contribution in [0.25, 0.3) is 0 Å². The van der Waals surface area contributed by atoms with Gasteiger partial charge in [-0.1, -0.05) is 13.8 Å². The molecule has 1 fully saturated rings. The first kappa shape index (κ1) is 20.7. The van der Waals surface area contributed by atoms with Crippen molar-refractivity contribution in [1.29, 1.82) is 0 Å². The predicted molar refractivity (Wildman–Crippen MR) is 86.1 cm³/mol. The number of hydrogen-bond donors (Lipinski definition) is 1. The SMILES string of the molecule is CC(C)c1nc(CN2CCNCC2)cs1.Cl.Cl.Cl. The van der Waals surface area contributed by atoms with Gasteiger partial charge in [0.05, 0.1) is 10.7 Å². The van der Waals surface area contributed by atoms with E-state index in [4.69, 9.17) is 0 Å². The van der Waals surface area contributed by atoms with Gasteiger partial charge in [-0.2, -0.15) is 0 Å². The van der Waals surface area contributed by atoms with Crippen LogP contribution >= 0.6 is 48.6 Å². The minimum atomic E-state index is 0. The summed E-state index contributed by atoms with van der Waals surface area (Å²) in [6.07, 6.45) is 0. The van der Waals surface area contributed by atoms with Crippen molar-refractivity contribution in [3.63, 3.8) is 0 Å². The highest BCUT2D eigenvalue weighted by Gasteiger charge is 2.12. The lowest BCUT2D eigenvalue weighted by molar-refractivity contribution is 0.231. The summed E-state index contributed by atoms with van der Waals surface area (Å²) in [7, 11) is 0. The molecule has 108 valence electrons. The fourth-order valence-corrected chi connectivity index (χ4v) is 2.58. The van der Waals surface area contributed by atoms with E-state index in [9.17, 15) is 0 Å². The molecule has 1 aliphatic rings. The molecule has 0 saturated carbocycles. The number of rotatable bonds is 3. The normalized spacial score (nSPS) is 15.5. The molecule has 0 amide bonds. The monoisotopic (exact) mass is 333 g/mol. The van der Waals surface area contributed by atoms with Gasteiger partial charge in [-0.3, -0.25) is 4.90 Å². The van der Waals surface area contributed by atoms with Crippen molar-refractivity contribution in [2.24, 2.45) is 0 Å². The van der Waals surface area contributed by atoms with Crippen LogP contribution in [0.2, 0.25) is 0 Å². The van der Waals surface area contributed by atoms with Gasteiger partial charge in [0.15, 0.2) is 0 Å². The Morgan fingerprint density at radius 1 is 1.28 bits per heavy atom. The van der Waals surface area contributed by atoms with Crippen molar-refractivity contribution >= 4 is 48.6 Å². The van der Waals surface area contributed by atoms with Crippen molar-refractivity contribution in [2.45, 2.75) is 26.3 Å². The Kier molecular flexibility index (Phi) is 11.8. The molecule has 0 unspecified atom stereocenters. The van der Waals surface area contributed by atoms with Crippen LogP contribution in [0.1, 0.15) is 30.5 Å². The topological polar surface area (TPSA) is 28.2 Å². The van der Waals surface area contributed by atoms with Crippen molar-refractivity contribution in [3.05, 3.63) is 16.1 Å². The fourth-order valence-electron chi connectivity index (χ4n) is 1.76. The van der Waals surface area contributed by atoms with Crippen LogP contribution < -0.4 is 5.32 Å². The van der Waals surface area contributed by atoms with Crippen LogP contribution in [0.3, 0.4) is 0 Å². The van der Waals surface area contributed by atoms with Crippen LogP contribution in [0.15, 0.2) is 5.38 Å². The summed E-state index contributed by atoms with van der Waals surface area (Å²) in [6.45, 7) is 9.94. The second-order valence-corrected chi connectivity index (χ2v) is 5.25. The number of thiazole rings is 1. The minimum Gasteiger partial charge on any atom is -0.314 e. The first-order valence-corrected chi connectivity index (χ1v) is 6.51. The molecule has 1 N–H and O–H groups in total. The summed E-state index contributed by atoms with van der Waals surface area (Å²) < 4.78 is 0. The summed E-state index contributed by atoms with van der Waals surface area (Å²) >= 11 is 1.79. The fraction of sp³-hybridized carbons (Fsp3) is 0.727. The van der Waals surface area contributed by atoms with Crippen molar-refractivity contribution < 1.29 is 0 Å². The van der Waals surface area contributed by atoms with E-state index in [1.165, 1.54) is 10.7 Å². The van der Waals surface area contributed by atoms with Crippen LogP contribution in [0.5, 0.6) is 0 Å². The Balaban J connectivity index is 0. The lowest BCUT2D eigenvalue weighted by Crippen LogP contribution is -2.42. The maximum absolute atomic E-state index is 4.66. The molecule has 3 nitrogen and oxygen atoms in total. The third-order valence-electron chi connectivity index (χ3n) is 2.66. The molecule has 2 rings (SSSR count). The van der Waals surface area contributed by atoms with E-state index in [0.29, 0.717) is 5.92 Å². The lowest BCUT2D eigenvalue weighted by atomic mass is 10.2. The molecule has 0 spiro atoms. The number of halogens is 3. The highest BCUT2D eigenvalue weighted by molar-refractivity contribution is 7.09. The molecule has 0 bridgehead atoms. The number of nitrogens with zero attached hydrogens (tertiary/aromatic N) is 2. The zero-order valence-electron chi connectivity index (χ0n) is 10.7. The van der Waals surface area contributed by atoms with E-state index in [0.717, 1.165) is 32.7 Å². The average molecular weight is 335 g/mol. The number of aromatic nitrogens is 1. The van der Waals surface area contributed by atoms with E-state index in [1.807, 2.05) is 0 Å². The molecule has 18 heavy (non-hydrogen) atoms. The van der Waals surface area contributed by atoms with E-state index >= 15 is 0 Å². The smallest absolute Gasteiger partial charge is 0.0954 e. The molecule has 1 saturated heterocycles. The molecular weight excluding hydrogens is 313 g/mol. The van der Waals surface area contributed by atoms with Crippen LogP contribution in [0.4, 0.5) is 0 Å². The van der Waals surface area contributed by atoms with Crippen LogP contribution in [0, 0.1) is 0 Å². The third-order valence-corrected chi connectivity index (χ3v) is 3.85. The predicted octanol–water partition coefficient (Wildman–Crippen LogP) is 2.94. The summed E-state index contributed by atoms with van der Waals surface area (Å²) in [5.74, 6) is 0.562. The standard InChI is InChI=1S/C11H19N3S.3ClH/c1-9(2)11-13-10(8-15-11)7-14-5-3-12-4-6-14;;;/h8-9,12H,3-7H2,1-2H3;3*1H. The maximum atomic E-state index is 4.66. The van der Waals surface area contributed by atoms with Crippen LogP contribution in [-0.2, 0) is 6.54 Å². The van der Waals surface area contributed by atoms with Gasteiger partial charge in [0.2, 0.25) is 0 Å². The molecule has 7 heteroatoms. The maximum Gasteiger partial charge on any atom is 0.0954 e. The van der Waals surface area contributed by atoms with Gasteiger partial charge in [-0.15, -0.1) is 48.6 Å². The largest absolute Gasteiger partial charge is 0.314 e. The van der Waals surface area contributed by atoms with Gasteiger partial charge in [0.25, 0.3) is 0 Å². The molecular formula is C11H22Cl3N3S.